The topological polar surface area (TPSA) is 95.8 Å². The maximum Gasteiger partial charge on any atom is 0.410 e. The van der Waals surface area contributed by atoms with Crippen LogP contribution in [-0.4, -0.2) is 86.1 Å². The third-order valence-electron chi connectivity index (χ3n) is 9.85. The summed E-state index contributed by atoms with van der Waals surface area (Å²) in [6.45, 7) is 9.94. The molecule has 2 N–H and O–H groups in total. The molecule has 9 nitrogen and oxygen atoms in total. The van der Waals surface area contributed by atoms with Gasteiger partial charge in [0.2, 0.25) is 5.95 Å². The van der Waals surface area contributed by atoms with E-state index in [2.05, 4.69) is 55.2 Å². The largest absolute Gasteiger partial charge is 0.444 e. The number of ether oxygens (including phenoxy) is 1. The van der Waals surface area contributed by atoms with Crippen LogP contribution in [0.5, 0.6) is 0 Å². The number of aromatic nitrogens is 3. The Labute approximate surface area is 274 Å². The molecule has 1 amide bonds. The van der Waals surface area contributed by atoms with Crippen LogP contribution in [0.4, 0.5) is 23.9 Å². The van der Waals surface area contributed by atoms with E-state index < -0.39 is 18.2 Å². The highest BCUT2D eigenvalue weighted by atomic mass is 19.4. The minimum Gasteiger partial charge on any atom is -0.444 e. The molecule has 1 aliphatic carbocycles. The average molecular weight is 657 g/mol. The standard InChI is InChI=1S/C35H47F3N6O3/c1-34(2,3)47-33(46)43-20-26(21-43)24-12-16-42(17-13-24)19-23-4-6-25(7-5-23)30-22-44(27-8-10-28(45)11-9-27)31-29(30)18-40-32(41-31)39-15-14-35(36,37)38/h4-7,18,22,24,26-28,45H,8-17,19-21H2,1-3H3,(H,39,40,41). The van der Waals surface area contributed by atoms with Crippen LogP contribution in [-0.2, 0) is 11.3 Å². The number of aliphatic hydroxyl groups excluding tert-OH is 1. The molecular weight excluding hydrogens is 609 g/mol. The summed E-state index contributed by atoms with van der Waals surface area (Å²) < 4.78 is 45.8. The number of likely N-dealkylation sites (tertiary alicyclic amines) is 2. The Balaban J connectivity index is 1.08. The molecule has 1 aromatic carbocycles. The molecule has 3 aromatic rings. The van der Waals surface area contributed by atoms with Crippen molar-refractivity contribution in [3.8, 4) is 11.1 Å². The van der Waals surface area contributed by atoms with E-state index in [0.717, 1.165) is 74.9 Å². The van der Waals surface area contributed by atoms with Crippen molar-refractivity contribution in [2.24, 2.45) is 11.8 Å². The van der Waals surface area contributed by atoms with Crippen molar-refractivity contribution in [1.29, 1.82) is 0 Å². The first-order valence-corrected chi connectivity index (χ1v) is 17.0. The lowest BCUT2D eigenvalue weighted by atomic mass is 9.80. The number of halogens is 3. The number of alkyl halides is 3. The van der Waals surface area contributed by atoms with Crippen LogP contribution in [0.2, 0.25) is 0 Å². The second-order valence-electron chi connectivity index (χ2n) is 14.6. The Kier molecular flexibility index (Phi) is 9.71. The van der Waals surface area contributed by atoms with E-state index in [1.807, 2.05) is 25.7 Å². The Hall–Kier alpha value is -3.38. The number of nitrogens with one attached hydrogen (secondary N) is 1. The normalized spacial score (nSPS) is 22.0. The van der Waals surface area contributed by atoms with Crippen LogP contribution >= 0.6 is 0 Å². The first-order valence-electron chi connectivity index (χ1n) is 17.0. The number of hydrogen-bond donors (Lipinski definition) is 2. The zero-order valence-electron chi connectivity index (χ0n) is 27.6. The first-order chi connectivity index (χ1) is 22.3. The van der Waals surface area contributed by atoms with Gasteiger partial charge in [-0.15, -0.1) is 0 Å². The van der Waals surface area contributed by atoms with Gasteiger partial charge in [0.1, 0.15) is 11.2 Å². The number of amides is 1. The molecule has 3 aliphatic rings. The van der Waals surface area contributed by atoms with Crippen LogP contribution in [0.1, 0.15) is 77.3 Å². The van der Waals surface area contributed by atoms with E-state index in [1.54, 1.807) is 6.20 Å². The third-order valence-corrected chi connectivity index (χ3v) is 9.85. The van der Waals surface area contributed by atoms with Crippen molar-refractivity contribution in [1.82, 2.24) is 24.3 Å². The van der Waals surface area contributed by atoms with Crippen LogP contribution in [0, 0.1) is 11.8 Å². The Morgan fingerprint density at radius 1 is 1.00 bits per heavy atom. The lowest BCUT2D eigenvalue weighted by Gasteiger charge is -2.46. The van der Waals surface area contributed by atoms with Crippen molar-refractivity contribution < 1.29 is 27.8 Å². The Morgan fingerprint density at radius 2 is 1.68 bits per heavy atom. The molecule has 0 spiro atoms. The summed E-state index contributed by atoms with van der Waals surface area (Å²) in [5.41, 5.74) is 3.49. The number of aliphatic hydroxyl groups is 1. The van der Waals surface area contributed by atoms with Gasteiger partial charge in [-0.1, -0.05) is 24.3 Å². The maximum atomic E-state index is 12.7. The minimum absolute atomic E-state index is 0.148. The number of hydrogen-bond acceptors (Lipinski definition) is 7. The fraction of sp³-hybridized carbons (Fsp3) is 0.629. The van der Waals surface area contributed by atoms with E-state index in [-0.39, 0.29) is 30.7 Å². The number of rotatable bonds is 8. The van der Waals surface area contributed by atoms with Crippen molar-refractivity contribution >= 4 is 23.1 Å². The van der Waals surface area contributed by atoms with Gasteiger partial charge >= 0.3 is 12.3 Å². The molecule has 2 aliphatic heterocycles. The molecule has 2 aromatic heterocycles. The van der Waals surface area contributed by atoms with Gasteiger partial charge in [0.25, 0.3) is 0 Å². The molecule has 0 bridgehead atoms. The van der Waals surface area contributed by atoms with Crippen LogP contribution in [0.15, 0.2) is 36.7 Å². The molecule has 0 radical (unpaired) electrons. The number of carbonyl (C=O) groups excluding carboxylic acids is 1. The molecule has 0 atom stereocenters. The number of fused-ring (bicyclic) bond motifs is 1. The summed E-state index contributed by atoms with van der Waals surface area (Å²) in [6, 6.07) is 8.73. The SMILES string of the molecule is CC(C)(C)OC(=O)N1CC(C2CCN(Cc3ccc(-c4cn(C5CCC(O)CC5)c5nc(NCCC(F)(F)F)ncc45)cc3)CC2)C1. The van der Waals surface area contributed by atoms with Gasteiger partial charge in [0.15, 0.2) is 0 Å². The Morgan fingerprint density at radius 3 is 2.32 bits per heavy atom. The van der Waals surface area contributed by atoms with Gasteiger partial charge in [0.05, 0.1) is 12.5 Å². The second-order valence-corrected chi connectivity index (χ2v) is 14.6. The van der Waals surface area contributed by atoms with Crippen molar-refractivity contribution in [2.75, 3.05) is 38.0 Å². The predicted octanol–water partition coefficient (Wildman–Crippen LogP) is 7.02. The smallest absolute Gasteiger partial charge is 0.410 e. The molecular formula is C35H47F3N6O3. The summed E-state index contributed by atoms with van der Waals surface area (Å²) in [5.74, 6) is 1.38. The monoisotopic (exact) mass is 656 g/mol. The Bertz CT molecular complexity index is 1510. The van der Waals surface area contributed by atoms with Crippen LogP contribution in [0.25, 0.3) is 22.2 Å². The highest BCUT2D eigenvalue weighted by Gasteiger charge is 2.39. The number of nitrogens with zero attached hydrogens (tertiary/aromatic N) is 5. The molecule has 0 unspecified atom stereocenters. The lowest BCUT2D eigenvalue weighted by molar-refractivity contribution is -0.131. The molecule has 3 fully saturated rings. The van der Waals surface area contributed by atoms with Gasteiger partial charge in [-0.05, 0) is 95.3 Å². The van der Waals surface area contributed by atoms with Crippen LogP contribution in [0.3, 0.4) is 0 Å². The zero-order valence-corrected chi connectivity index (χ0v) is 27.6. The van der Waals surface area contributed by atoms with E-state index >= 15 is 0 Å². The van der Waals surface area contributed by atoms with E-state index in [4.69, 9.17) is 4.74 Å². The number of anilines is 1. The molecule has 6 rings (SSSR count). The quantitative estimate of drug-likeness (QED) is 0.269. The molecule has 47 heavy (non-hydrogen) atoms. The van der Waals surface area contributed by atoms with Gasteiger partial charge in [-0.3, -0.25) is 4.90 Å². The molecule has 4 heterocycles. The lowest BCUT2D eigenvalue weighted by Crippen LogP contribution is -2.55. The van der Waals surface area contributed by atoms with E-state index in [0.29, 0.717) is 30.3 Å². The molecule has 2 saturated heterocycles. The van der Waals surface area contributed by atoms with Crippen molar-refractivity contribution in [3.63, 3.8) is 0 Å². The average Bonchev–Trinajstić information content (AvgIpc) is 3.35. The zero-order chi connectivity index (χ0) is 33.3. The highest BCUT2D eigenvalue weighted by molar-refractivity contribution is 5.94. The first kappa shape index (κ1) is 33.5. The highest BCUT2D eigenvalue weighted by Crippen LogP contribution is 2.37. The van der Waals surface area contributed by atoms with Gasteiger partial charge < -0.3 is 24.6 Å². The van der Waals surface area contributed by atoms with E-state index in [9.17, 15) is 23.1 Å². The minimum atomic E-state index is -4.25. The second kappa shape index (κ2) is 13.6. The summed E-state index contributed by atoms with van der Waals surface area (Å²) in [7, 11) is 0. The summed E-state index contributed by atoms with van der Waals surface area (Å²) >= 11 is 0. The number of carbonyl (C=O) groups is 1. The van der Waals surface area contributed by atoms with Crippen molar-refractivity contribution in [3.05, 3.63) is 42.2 Å². The molecule has 256 valence electrons. The fourth-order valence-electron chi connectivity index (χ4n) is 7.19. The third kappa shape index (κ3) is 8.38. The predicted molar refractivity (Wildman–Crippen MR) is 175 cm³/mol. The maximum absolute atomic E-state index is 12.7. The van der Waals surface area contributed by atoms with Gasteiger partial charge in [-0.25, -0.2) is 9.78 Å². The van der Waals surface area contributed by atoms with E-state index in [1.165, 1.54) is 5.56 Å². The summed E-state index contributed by atoms with van der Waals surface area (Å²) in [6.07, 6.45) is 3.38. The molecule has 12 heteroatoms. The number of benzene rings is 1. The van der Waals surface area contributed by atoms with Crippen LogP contribution < -0.4 is 5.32 Å². The molecule has 1 saturated carbocycles. The summed E-state index contributed by atoms with van der Waals surface area (Å²) in [5, 5.41) is 13.7. The fourth-order valence-corrected chi connectivity index (χ4v) is 7.19. The van der Waals surface area contributed by atoms with Gasteiger partial charge in [0, 0.05) is 55.6 Å². The number of piperidine rings is 1. The van der Waals surface area contributed by atoms with Gasteiger partial charge in [-0.2, -0.15) is 18.2 Å². The van der Waals surface area contributed by atoms with Crippen molar-refractivity contribution in [2.45, 2.75) is 96.2 Å². The summed E-state index contributed by atoms with van der Waals surface area (Å²) in [4.78, 5) is 25.7.